The van der Waals surface area contributed by atoms with Gasteiger partial charge >= 0.3 is 0 Å². The van der Waals surface area contributed by atoms with Gasteiger partial charge in [0.15, 0.2) is 6.10 Å². The molecule has 1 atom stereocenters. The second-order valence-electron chi connectivity index (χ2n) is 6.44. The zero-order valence-corrected chi connectivity index (χ0v) is 14.9. The molecule has 0 fully saturated rings. The molecule has 1 N–H and O–H groups in total. The van der Waals surface area contributed by atoms with Crippen LogP contribution < -0.4 is 15.0 Å². The smallest absolute Gasteiger partial charge is 0.267 e. The van der Waals surface area contributed by atoms with Gasteiger partial charge in [-0.05, 0) is 61.7 Å². The molecule has 0 aliphatic carbocycles. The first-order chi connectivity index (χ1) is 11.9. The van der Waals surface area contributed by atoms with Crippen LogP contribution in [0, 0.1) is 13.8 Å². The van der Waals surface area contributed by atoms with Crippen molar-refractivity contribution in [2.45, 2.75) is 33.4 Å². The third-order valence-electron chi connectivity index (χ3n) is 4.59. The third kappa shape index (κ3) is 3.36. The Bertz CT molecular complexity index is 845. The molecule has 1 aliphatic heterocycles. The molecule has 0 spiro atoms. The van der Waals surface area contributed by atoms with Crippen molar-refractivity contribution < 1.29 is 14.3 Å². The fourth-order valence-corrected chi connectivity index (χ4v) is 2.83. The van der Waals surface area contributed by atoms with Crippen molar-refractivity contribution in [3.05, 3.63) is 58.7 Å². The highest BCUT2D eigenvalue weighted by atomic mass is 16.5. The van der Waals surface area contributed by atoms with E-state index in [2.05, 4.69) is 5.32 Å². The SMILES string of the molecule is Cc1ccc(C(=O)NCc2ccc3c(c2)N(C)C(=O)C(C)O3)cc1C. The zero-order valence-electron chi connectivity index (χ0n) is 14.9. The minimum absolute atomic E-state index is 0.0798. The molecule has 5 nitrogen and oxygen atoms in total. The molecule has 1 heterocycles. The first kappa shape index (κ1) is 17.0. The molecule has 0 aromatic heterocycles. The number of hydrogen-bond acceptors (Lipinski definition) is 3. The standard InChI is InChI=1S/C20H22N2O3/c1-12-5-7-16(9-13(12)2)19(23)21-11-15-6-8-18-17(10-15)22(4)20(24)14(3)25-18/h5-10,14H,11H2,1-4H3,(H,21,23). The molecule has 2 amide bonds. The summed E-state index contributed by atoms with van der Waals surface area (Å²) >= 11 is 0. The summed E-state index contributed by atoms with van der Waals surface area (Å²) in [6.07, 6.45) is -0.479. The van der Waals surface area contributed by atoms with E-state index in [9.17, 15) is 9.59 Å². The van der Waals surface area contributed by atoms with E-state index in [0.717, 1.165) is 22.4 Å². The Balaban J connectivity index is 1.73. The second-order valence-corrected chi connectivity index (χ2v) is 6.44. The van der Waals surface area contributed by atoms with Crippen LogP contribution in [0.15, 0.2) is 36.4 Å². The van der Waals surface area contributed by atoms with Gasteiger partial charge in [0.05, 0.1) is 5.69 Å². The Morgan fingerprint density at radius 3 is 2.64 bits per heavy atom. The van der Waals surface area contributed by atoms with Crippen LogP contribution in [-0.4, -0.2) is 25.0 Å². The minimum Gasteiger partial charge on any atom is -0.479 e. The van der Waals surface area contributed by atoms with Gasteiger partial charge in [-0.2, -0.15) is 0 Å². The van der Waals surface area contributed by atoms with Crippen LogP contribution >= 0.6 is 0 Å². The van der Waals surface area contributed by atoms with Crippen molar-refractivity contribution in [3.8, 4) is 5.75 Å². The van der Waals surface area contributed by atoms with Crippen molar-refractivity contribution in [3.63, 3.8) is 0 Å². The number of benzene rings is 2. The summed E-state index contributed by atoms with van der Waals surface area (Å²) in [6.45, 7) is 6.13. The number of ether oxygens (including phenoxy) is 1. The Labute approximate surface area is 147 Å². The number of hydrogen-bond donors (Lipinski definition) is 1. The van der Waals surface area contributed by atoms with Crippen molar-refractivity contribution >= 4 is 17.5 Å². The number of nitrogens with one attached hydrogen (secondary N) is 1. The first-order valence-electron chi connectivity index (χ1n) is 8.29. The van der Waals surface area contributed by atoms with Gasteiger partial charge in [0.2, 0.25) is 0 Å². The Morgan fingerprint density at radius 1 is 1.16 bits per heavy atom. The van der Waals surface area contributed by atoms with Gasteiger partial charge < -0.3 is 15.0 Å². The van der Waals surface area contributed by atoms with Gasteiger partial charge in [-0.1, -0.05) is 12.1 Å². The van der Waals surface area contributed by atoms with E-state index in [-0.39, 0.29) is 11.8 Å². The topological polar surface area (TPSA) is 58.6 Å². The Kier molecular flexibility index (Phi) is 4.49. The van der Waals surface area contributed by atoms with Crippen LogP contribution in [0.3, 0.4) is 0 Å². The van der Waals surface area contributed by atoms with Crippen molar-refractivity contribution in [1.82, 2.24) is 5.32 Å². The van der Waals surface area contributed by atoms with Crippen LogP contribution in [-0.2, 0) is 11.3 Å². The van der Waals surface area contributed by atoms with Crippen molar-refractivity contribution in [2.24, 2.45) is 0 Å². The van der Waals surface area contributed by atoms with E-state index in [0.29, 0.717) is 17.9 Å². The maximum absolute atomic E-state index is 12.3. The molecule has 0 radical (unpaired) electrons. The highest BCUT2D eigenvalue weighted by Gasteiger charge is 2.28. The summed E-state index contributed by atoms with van der Waals surface area (Å²) in [4.78, 5) is 26.0. The highest BCUT2D eigenvalue weighted by Crippen LogP contribution is 2.33. The number of nitrogens with zero attached hydrogens (tertiary/aromatic N) is 1. The van der Waals surface area contributed by atoms with Gasteiger partial charge in [0.25, 0.3) is 11.8 Å². The fourth-order valence-electron chi connectivity index (χ4n) is 2.83. The average Bonchev–Trinajstić information content (AvgIpc) is 2.60. The molecule has 0 saturated carbocycles. The van der Waals surface area contributed by atoms with Crippen LogP contribution in [0.1, 0.15) is 34.0 Å². The Morgan fingerprint density at radius 2 is 1.92 bits per heavy atom. The summed E-state index contributed by atoms with van der Waals surface area (Å²) in [5, 5.41) is 2.92. The van der Waals surface area contributed by atoms with Gasteiger partial charge in [0, 0.05) is 19.2 Å². The van der Waals surface area contributed by atoms with E-state index in [1.165, 1.54) is 0 Å². The minimum atomic E-state index is -0.479. The molecule has 2 aromatic rings. The fraction of sp³-hybridized carbons (Fsp3) is 0.300. The molecular formula is C20H22N2O3. The lowest BCUT2D eigenvalue weighted by molar-refractivity contribution is -0.125. The summed E-state index contributed by atoms with van der Waals surface area (Å²) in [5.41, 5.74) is 4.53. The van der Waals surface area contributed by atoms with Crippen LogP contribution in [0.4, 0.5) is 5.69 Å². The molecule has 1 aliphatic rings. The lowest BCUT2D eigenvalue weighted by atomic mass is 10.1. The normalized spacial score (nSPS) is 16.2. The van der Waals surface area contributed by atoms with Gasteiger partial charge in [-0.15, -0.1) is 0 Å². The Hall–Kier alpha value is -2.82. The largest absolute Gasteiger partial charge is 0.479 e. The van der Waals surface area contributed by atoms with E-state index in [1.807, 2.05) is 50.2 Å². The summed E-state index contributed by atoms with van der Waals surface area (Å²) in [7, 11) is 1.73. The summed E-state index contributed by atoms with van der Waals surface area (Å²) in [6, 6.07) is 11.3. The molecule has 3 rings (SSSR count). The van der Waals surface area contributed by atoms with Gasteiger partial charge in [0.1, 0.15) is 5.75 Å². The van der Waals surface area contributed by atoms with Crippen LogP contribution in [0.2, 0.25) is 0 Å². The number of carbonyl (C=O) groups is 2. The number of anilines is 1. The van der Waals surface area contributed by atoms with Gasteiger partial charge in [-0.25, -0.2) is 0 Å². The monoisotopic (exact) mass is 338 g/mol. The number of fused-ring (bicyclic) bond motifs is 1. The number of likely N-dealkylation sites (N-methyl/N-ethyl adjacent to an activating group) is 1. The third-order valence-corrected chi connectivity index (χ3v) is 4.59. The number of aryl methyl sites for hydroxylation is 2. The van der Waals surface area contributed by atoms with E-state index < -0.39 is 6.10 Å². The number of rotatable bonds is 3. The summed E-state index contributed by atoms with van der Waals surface area (Å²) in [5.74, 6) is 0.484. The van der Waals surface area contributed by atoms with Crippen molar-refractivity contribution in [1.29, 1.82) is 0 Å². The first-order valence-corrected chi connectivity index (χ1v) is 8.29. The average molecular weight is 338 g/mol. The van der Waals surface area contributed by atoms with Crippen LogP contribution in [0.5, 0.6) is 5.75 Å². The zero-order chi connectivity index (χ0) is 18.1. The van der Waals surface area contributed by atoms with Crippen LogP contribution in [0.25, 0.3) is 0 Å². The predicted octanol–water partition coefficient (Wildman–Crippen LogP) is 2.98. The molecular weight excluding hydrogens is 316 g/mol. The molecule has 0 saturated heterocycles. The van der Waals surface area contributed by atoms with E-state index >= 15 is 0 Å². The lowest BCUT2D eigenvalue weighted by Gasteiger charge is -2.30. The molecule has 130 valence electrons. The molecule has 5 heteroatoms. The maximum atomic E-state index is 12.3. The van der Waals surface area contributed by atoms with E-state index in [1.54, 1.807) is 18.9 Å². The second kappa shape index (κ2) is 6.59. The molecule has 1 unspecified atom stereocenters. The maximum Gasteiger partial charge on any atom is 0.267 e. The van der Waals surface area contributed by atoms with Gasteiger partial charge in [-0.3, -0.25) is 9.59 Å². The predicted molar refractivity (Wildman–Crippen MR) is 97.0 cm³/mol. The molecule has 25 heavy (non-hydrogen) atoms. The highest BCUT2D eigenvalue weighted by molar-refractivity contribution is 5.99. The number of carbonyl (C=O) groups excluding carboxylic acids is 2. The molecule has 2 aromatic carbocycles. The summed E-state index contributed by atoms with van der Waals surface area (Å²) < 4.78 is 5.61. The molecule has 0 bridgehead atoms. The lowest BCUT2D eigenvalue weighted by Crippen LogP contribution is -2.42. The van der Waals surface area contributed by atoms with E-state index in [4.69, 9.17) is 4.74 Å². The number of amides is 2. The quantitative estimate of drug-likeness (QED) is 0.936. The van der Waals surface area contributed by atoms with Crippen molar-refractivity contribution in [2.75, 3.05) is 11.9 Å².